The van der Waals surface area contributed by atoms with Crippen LogP contribution >= 0.6 is 0 Å². The summed E-state index contributed by atoms with van der Waals surface area (Å²) >= 11 is 0. The molecule has 0 unspecified atom stereocenters. The molecule has 0 bridgehead atoms. The zero-order valence-corrected chi connectivity index (χ0v) is 13.1. The van der Waals surface area contributed by atoms with E-state index in [1.165, 1.54) is 19.2 Å². The molecule has 2 rings (SSSR count). The van der Waals surface area contributed by atoms with Crippen LogP contribution in [0.2, 0.25) is 0 Å². The lowest BCUT2D eigenvalue weighted by Gasteiger charge is -2.32. The number of rotatable bonds is 5. The van der Waals surface area contributed by atoms with Crippen LogP contribution in [0.1, 0.15) is 19.8 Å². The van der Waals surface area contributed by atoms with Gasteiger partial charge in [-0.25, -0.2) is 0 Å². The van der Waals surface area contributed by atoms with E-state index in [1.807, 2.05) is 0 Å². The third-order valence-corrected chi connectivity index (χ3v) is 3.56. The maximum Gasteiger partial charge on any atom is 0.438 e. The highest BCUT2D eigenvalue weighted by Crippen LogP contribution is 2.40. The average Bonchev–Trinajstić information content (AvgIpc) is 2.91. The van der Waals surface area contributed by atoms with Gasteiger partial charge in [0.2, 0.25) is 0 Å². The highest BCUT2D eigenvalue weighted by atomic mass is 19.4. The largest absolute Gasteiger partial charge is 0.497 e. The van der Waals surface area contributed by atoms with E-state index in [0.717, 1.165) is 0 Å². The molecule has 1 aliphatic rings. The third kappa shape index (κ3) is 3.45. The number of hydrogen-bond donors (Lipinski definition) is 1. The standard InChI is InChI=1S/C15H17F3N2O4/c1-3-10-8-14(22,15(16,17)18)20(19-10)13(21)9-24-12-6-4-11(23-2)5-7-12/h4-7,22H,3,8-9H2,1-2H3/t14-/m0/s1. The molecule has 0 saturated carbocycles. The van der Waals surface area contributed by atoms with Gasteiger partial charge in [-0.05, 0) is 30.7 Å². The van der Waals surface area contributed by atoms with Gasteiger partial charge in [-0.1, -0.05) is 6.92 Å². The summed E-state index contributed by atoms with van der Waals surface area (Å²) in [7, 11) is 1.48. The molecule has 1 aliphatic heterocycles. The Balaban J connectivity index is 2.09. The molecule has 0 spiro atoms. The smallest absolute Gasteiger partial charge is 0.438 e. The van der Waals surface area contributed by atoms with E-state index >= 15 is 0 Å². The number of nitrogens with zero attached hydrogens (tertiary/aromatic N) is 2. The summed E-state index contributed by atoms with van der Waals surface area (Å²) in [6, 6.07) is 6.17. The summed E-state index contributed by atoms with van der Waals surface area (Å²) in [5, 5.41) is 13.6. The SMILES string of the molecule is CCC1=NN(C(=O)COc2ccc(OC)cc2)[C@@](O)(C(F)(F)F)C1. The van der Waals surface area contributed by atoms with Gasteiger partial charge >= 0.3 is 6.18 Å². The van der Waals surface area contributed by atoms with Gasteiger partial charge in [-0.2, -0.15) is 23.3 Å². The topological polar surface area (TPSA) is 71.4 Å². The van der Waals surface area contributed by atoms with Crippen LogP contribution in [0.4, 0.5) is 13.2 Å². The maximum absolute atomic E-state index is 13.1. The van der Waals surface area contributed by atoms with Crippen LogP contribution in [0.15, 0.2) is 29.4 Å². The van der Waals surface area contributed by atoms with E-state index in [4.69, 9.17) is 9.47 Å². The molecule has 1 heterocycles. The van der Waals surface area contributed by atoms with E-state index in [9.17, 15) is 23.1 Å². The average molecular weight is 346 g/mol. The number of alkyl halides is 3. The van der Waals surface area contributed by atoms with Crippen molar-refractivity contribution in [3.8, 4) is 11.5 Å². The Hall–Kier alpha value is -2.29. The predicted molar refractivity (Wildman–Crippen MR) is 78.7 cm³/mol. The Kier molecular flexibility index (Phi) is 5.02. The number of carbonyl (C=O) groups excluding carboxylic acids is 1. The summed E-state index contributed by atoms with van der Waals surface area (Å²) in [5.41, 5.74) is -3.24. The van der Waals surface area contributed by atoms with Crippen LogP contribution in [0, 0.1) is 0 Å². The van der Waals surface area contributed by atoms with Gasteiger partial charge in [0.1, 0.15) is 11.5 Å². The minimum absolute atomic E-state index is 0.0648. The zero-order valence-electron chi connectivity index (χ0n) is 13.1. The summed E-state index contributed by atoms with van der Waals surface area (Å²) in [5.74, 6) is -0.246. The number of amides is 1. The van der Waals surface area contributed by atoms with Gasteiger partial charge in [0.15, 0.2) is 6.61 Å². The minimum Gasteiger partial charge on any atom is -0.497 e. The quantitative estimate of drug-likeness (QED) is 0.888. The summed E-state index contributed by atoms with van der Waals surface area (Å²) in [4.78, 5) is 12.1. The number of methoxy groups -OCH3 is 1. The van der Waals surface area contributed by atoms with E-state index in [0.29, 0.717) is 5.75 Å². The number of aliphatic hydroxyl groups is 1. The van der Waals surface area contributed by atoms with Crippen LogP contribution in [0.25, 0.3) is 0 Å². The number of halogens is 3. The molecule has 9 heteroatoms. The molecular weight excluding hydrogens is 329 g/mol. The van der Waals surface area contributed by atoms with Crippen LogP contribution in [0.3, 0.4) is 0 Å². The lowest BCUT2D eigenvalue weighted by atomic mass is 10.1. The molecule has 1 amide bonds. The van der Waals surface area contributed by atoms with Crippen molar-refractivity contribution in [1.29, 1.82) is 0 Å². The van der Waals surface area contributed by atoms with Crippen molar-refractivity contribution in [2.75, 3.05) is 13.7 Å². The van der Waals surface area contributed by atoms with Gasteiger partial charge in [0.05, 0.1) is 7.11 Å². The molecule has 0 fully saturated rings. The number of ether oxygens (including phenoxy) is 2. The molecule has 0 radical (unpaired) electrons. The summed E-state index contributed by atoms with van der Waals surface area (Å²) in [6.45, 7) is 0.905. The Morgan fingerprint density at radius 2 is 1.92 bits per heavy atom. The fourth-order valence-corrected chi connectivity index (χ4v) is 2.18. The Labute approximate surface area is 136 Å². The van der Waals surface area contributed by atoms with E-state index in [-0.39, 0.29) is 22.9 Å². The lowest BCUT2D eigenvalue weighted by molar-refractivity contribution is -0.302. The number of hydrogen-bond acceptors (Lipinski definition) is 5. The number of benzene rings is 1. The van der Waals surface area contributed by atoms with Gasteiger partial charge in [-0.3, -0.25) is 4.79 Å². The molecule has 0 saturated heterocycles. The molecule has 0 aromatic heterocycles. The molecule has 24 heavy (non-hydrogen) atoms. The lowest BCUT2D eigenvalue weighted by Crippen LogP contribution is -2.57. The van der Waals surface area contributed by atoms with E-state index in [2.05, 4.69) is 5.10 Å². The fourth-order valence-electron chi connectivity index (χ4n) is 2.18. The Morgan fingerprint density at radius 3 is 2.42 bits per heavy atom. The van der Waals surface area contributed by atoms with Crippen molar-refractivity contribution in [1.82, 2.24) is 5.01 Å². The first kappa shape index (κ1) is 18.1. The maximum atomic E-state index is 13.1. The third-order valence-electron chi connectivity index (χ3n) is 3.56. The molecule has 0 aliphatic carbocycles. The predicted octanol–water partition coefficient (Wildman–Crippen LogP) is 2.32. The van der Waals surface area contributed by atoms with Gasteiger partial charge in [0.25, 0.3) is 11.6 Å². The molecule has 1 N–H and O–H groups in total. The second kappa shape index (κ2) is 6.68. The number of hydrazone groups is 1. The highest BCUT2D eigenvalue weighted by Gasteiger charge is 2.62. The minimum atomic E-state index is -5.02. The van der Waals surface area contributed by atoms with Crippen LogP contribution in [-0.2, 0) is 4.79 Å². The number of carbonyl (C=O) groups is 1. The normalized spacial score (nSPS) is 20.8. The second-order valence-electron chi connectivity index (χ2n) is 5.18. The second-order valence-corrected chi connectivity index (χ2v) is 5.18. The first-order chi connectivity index (χ1) is 11.2. The van der Waals surface area contributed by atoms with Crippen molar-refractivity contribution in [3.63, 3.8) is 0 Å². The molecular formula is C15H17F3N2O4. The van der Waals surface area contributed by atoms with Crippen LogP contribution < -0.4 is 9.47 Å². The first-order valence-corrected chi connectivity index (χ1v) is 7.16. The molecule has 1 aromatic rings. The first-order valence-electron chi connectivity index (χ1n) is 7.16. The van der Waals surface area contributed by atoms with E-state index < -0.39 is 30.8 Å². The van der Waals surface area contributed by atoms with Gasteiger partial charge in [-0.15, -0.1) is 0 Å². The van der Waals surface area contributed by atoms with Crippen molar-refractivity contribution in [2.24, 2.45) is 5.10 Å². The monoisotopic (exact) mass is 346 g/mol. The van der Waals surface area contributed by atoms with Gasteiger partial charge < -0.3 is 14.6 Å². The fraction of sp³-hybridized carbons (Fsp3) is 0.467. The summed E-state index contributed by atoms with van der Waals surface area (Å²) in [6.07, 6.45) is -5.59. The Bertz CT molecular complexity index is 631. The summed E-state index contributed by atoms with van der Waals surface area (Å²) < 4.78 is 49.5. The van der Waals surface area contributed by atoms with Crippen LogP contribution in [0.5, 0.6) is 11.5 Å². The highest BCUT2D eigenvalue weighted by molar-refractivity contribution is 5.90. The Morgan fingerprint density at radius 1 is 1.33 bits per heavy atom. The molecule has 132 valence electrons. The van der Waals surface area contributed by atoms with Crippen molar-refractivity contribution < 1.29 is 32.5 Å². The van der Waals surface area contributed by atoms with Crippen LogP contribution in [-0.4, -0.2) is 47.4 Å². The molecule has 1 aromatic carbocycles. The molecule has 1 atom stereocenters. The van der Waals surface area contributed by atoms with Crippen molar-refractivity contribution in [2.45, 2.75) is 31.7 Å². The van der Waals surface area contributed by atoms with Crippen molar-refractivity contribution >= 4 is 11.6 Å². The van der Waals surface area contributed by atoms with Crippen molar-refractivity contribution in [3.05, 3.63) is 24.3 Å². The van der Waals surface area contributed by atoms with Gasteiger partial charge in [0, 0.05) is 12.1 Å². The molecule has 6 nitrogen and oxygen atoms in total. The van der Waals surface area contributed by atoms with E-state index in [1.54, 1.807) is 19.1 Å². The zero-order chi connectivity index (χ0) is 18.0.